The van der Waals surface area contributed by atoms with E-state index in [0.29, 0.717) is 16.6 Å². The summed E-state index contributed by atoms with van der Waals surface area (Å²) >= 11 is 0. The highest BCUT2D eigenvalue weighted by Crippen LogP contribution is 2.40. The quantitative estimate of drug-likeness (QED) is 0.409. The first-order valence-corrected chi connectivity index (χ1v) is 7.38. The Bertz CT molecular complexity index is 822. The fourth-order valence-corrected chi connectivity index (χ4v) is 2.92. The molecule has 1 saturated heterocycles. The molecule has 0 amide bonds. The second-order valence-corrected chi connectivity index (χ2v) is 5.79. The Kier molecular flexibility index (Phi) is 4.16. The van der Waals surface area contributed by atoms with Gasteiger partial charge in [0.1, 0.15) is 35.6 Å². The molecule has 0 spiro atoms. The summed E-state index contributed by atoms with van der Waals surface area (Å²) < 4.78 is 7.16. The Morgan fingerprint density at radius 3 is 2.83 bits per heavy atom. The third kappa shape index (κ3) is 2.41. The number of nitrogens with two attached hydrogens (primary N) is 2. The predicted octanol–water partition coefficient (Wildman–Crippen LogP) is -1.67. The van der Waals surface area contributed by atoms with Gasteiger partial charge in [-0.1, -0.05) is 11.8 Å². The molecule has 24 heavy (non-hydrogen) atoms. The summed E-state index contributed by atoms with van der Waals surface area (Å²) in [6.45, 7) is 1.17. The smallest absolute Gasteiger partial charge is 0.167 e. The minimum Gasteiger partial charge on any atom is -0.394 e. The van der Waals surface area contributed by atoms with E-state index in [9.17, 15) is 15.3 Å². The highest BCUT2D eigenvalue weighted by atomic mass is 16.6. The Hall–Kier alpha value is -2.22. The minimum atomic E-state index is -1.64. The van der Waals surface area contributed by atoms with Crippen LogP contribution in [0.2, 0.25) is 0 Å². The van der Waals surface area contributed by atoms with Gasteiger partial charge < -0.3 is 36.1 Å². The van der Waals surface area contributed by atoms with E-state index in [1.54, 1.807) is 6.20 Å². The molecular weight excluding hydrogens is 314 g/mol. The van der Waals surface area contributed by atoms with Crippen LogP contribution in [0, 0.1) is 11.8 Å². The van der Waals surface area contributed by atoms with Gasteiger partial charge in [-0.3, -0.25) is 0 Å². The molecule has 0 saturated carbocycles. The SMILES string of the molecule is C[C@@]1(O)[C@H](O)[C@@H](CO)O[C@H]1n1cc(C#CCN)c2c(N)ncnc21. The van der Waals surface area contributed by atoms with Crippen molar-refractivity contribution in [1.29, 1.82) is 0 Å². The van der Waals surface area contributed by atoms with Crippen molar-refractivity contribution in [2.45, 2.75) is 31.0 Å². The molecule has 9 heteroatoms. The lowest BCUT2D eigenvalue weighted by Gasteiger charge is -2.27. The van der Waals surface area contributed by atoms with Crippen LogP contribution >= 0.6 is 0 Å². The lowest BCUT2D eigenvalue weighted by atomic mass is 9.96. The molecule has 3 rings (SSSR count). The third-order valence-corrected chi connectivity index (χ3v) is 4.15. The highest BCUT2D eigenvalue weighted by molar-refractivity contribution is 5.92. The Balaban J connectivity index is 2.19. The number of hydrogen-bond acceptors (Lipinski definition) is 8. The van der Waals surface area contributed by atoms with Crippen molar-refractivity contribution in [3.8, 4) is 11.8 Å². The van der Waals surface area contributed by atoms with E-state index in [1.807, 2.05) is 0 Å². The van der Waals surface area contributed by atoms with Crippen LogP contribution in [0.25, 0.3) is 11.0 Å². The van der Waals surface area contributed by atoms with Crippen molar-refractivity contribution in [3.63, 3.8) is 0 Å². The lowest BCUT2D eigenvalue weighted by Crippen LogP contribution is -2.44. The van der Waals surface area contributed by atoms with Crippen molar-refractivity contribution in [2.75, 3.05) is 18.9 Å². The first-order valence-electron chi connectivity index (χ1n) is 7.38. The van der Waals surface area contributed by atoms with Crippen LogP contribution in [-0.4, -0.2) is 60.8 Å². The zero-order chi connectivity index (χ0) is 17.5. The fraction of sp³-hybridized carbons (Fsp3) is 0.467. The van der Waals surface area contributed by atoms with E-state index >= 15 is 0 Å². The Morgan fingerprint density at radius 1 is 1.46 bits per heavy atom. The van der Waals surface area contributed by atoms with E-state index in [4.69, 9.17) is 16.2 Å². The summed E-state index contributed by atoms with van der Waals surface area (Å²) in [4.78, 5) is 8.15. The molecule has 1 aliphatic heterocycles. The van der Waals surface area contributed by atoms with E-state index < -0.39 is 30.6 Å². The van der Waals surface area contributed by atoms with Crippen LogP contribution in [0.15, 0.2) is 12.5 Å². The monoisotopic (exact) mass is 333 g/mol. The zero-order valence-electron chi connectivity index (χ0n) is 13.0. The van der Waals surface area contributed by atoms with Crippen LogP contribution in [0.3, 0.4) is 0 Å². The highest BCUT2D eigenvalue weighted by Gasteiger charge is 2.53. The molecule has 0 radical (unpaired) electrons. The van der Waals surface area contributed by atoms with Crippen LogP contribution in [0.1, 0.15) is 18.7 Å². The summed E-state index contributed by atoms with van der Waals surface area (Å²) in [6, 6.07) is 0. The maximum Gasteiger partial charge on any atom is 0.167 e. The van der Waals surface area contributed by atoms with Crippen molar-refractivity contribution in [1.82, 2.24) is 14.5 Å². The molecule has 1 fully saturated rings. The number of nitrogens with zero attached hydrogens (tertiary/aromatic N) is 3. The van der Waals surface area contributed by atoms with Crippen molar-refractivity contribution in [2.24, 2.45) is 5.73 Å². The molecule has 2 aromatic rings. The average Bonchev–Trinajstić information content (AvgIpc) is 3.02. The standard InChI is InChI=1S/C15H19N5O4/c1-15(23)11(22)9(6-21)24-14(15)20-5-8(3-2-4-16)10-12(17)18-7-19-13(10)20/h5,7,9,11,14,21-23H,4,6,16H2,1H3,(H2,17,18,19)/t9-,11-,14-,15-/m1/s1. The zero-order valence-corrected chi connectivity index (χ0v) is 13.0. The van der Waals surface area contributed by atoms with Crippen LogP contribution in [0.5, 0.6) is 0 Å². The maximum absolute atomic E-state index is 10.7. The van der Waals surface area contributed by atoms with Crippen LogP contribution < -0.4 is 11.5 Å². The van der Waals surface area contributed by atoms with Gasteiger partial charge in [0, 0.05) is 6.20 Å². The van der Waals surface area contributed by atoms with E-state index in [2.05, 4.69) is 21.8 Å². The first kappa shape index (κ1) is 16.6. The molecular formula is C15H19N5O4. The number of aliphatic hydroxyl groups excluding tert-OH is 2. The van der Waals surface area contributed by atoms with E-state index in [0.717, 1.165) is 0 Å². The van der Waals surface area contributed by atoms with Crippen LogP contribution in [0.4, 0.5) is 5.82 Å². The molecule has 0 bridgehead atoms. The summed E-state index contributed by atoms with van der Waals surface area (Å²) in [5, 5.41) is 30.7. The number of hydrogen-bond donors (Lipinski definition) is 5. The minimum absolute atomic E-state index is 0.170. The van der Waals surface area contributed by atoms with E-state index in [-0.39, 0.29) is 12.4 Å². The number of aliphatic hydroxyl groups is 3. The number of nitrogen functional groups attached to an aromatic ring is 1. The van der Waals surface area contributed by atoms with Gasteiger partial charge in [-0.25, -0.2) is 9.97 Å². The van der Waals surface area contributed by atoms with Crippen LogP contribution in [-0.2, 0) is 4.74 Å². The summed E-state index contributed by atoms with van der Waals surface area (Å²) in [7, 11) is 0. The van der Waals surface area contributed by atoms with Gasteiger partial charge in [0.25, 0.3) is 0 Å². The van der Waals surface area contributed by atoms with Crippen molar-refractivity contribution in [3.05, 3.63) is 18.1 Å². The molecule has 4 atom stereocenters. The normalized spacial score (nSPS) is 29.6. The topological polar surface area (TPSA) is 153 Å². The molecule has 0 unspecified atom stereocenters. The molecule has 1 aliphatic rings. The maximum atomic E-state index is 10.7. The molecule has 3 heterocycles. The summed E-state index contributed by atoms with van der Waals surface area (Å²) in [5.74, 6) is 5.86. The molecule has 128 valence electrons. The number of anilines is 1. The second kappa shape index (κ2) is 6.01. The molecule has 0 aliphatic carbocycles. The number of fused-ring (bicyclic) bond motifs is 1. The van der Waals surface area contributed by atoms with E-state index in [1.165, 1.54) is 17.8 Å². The second-order valence-electron chi connectivity index (χ2n) is 5.79. The predicted molar refractivity (Wildman–Crippen MR) is 85.5 cm³/mol. The van der Waals surface area contributed by atoms with Gasteiger partial charge in [-0.05, 0) is 6.92 Å². The van der Waals surface area contributed by atoms with Gasteiger partial charge in [-0.2, -0.15) is 0 Å². The molecule has 7 N–H and O–H groups in total. The largest absolute Gasteiger partial charge is 0.394 e. The Morgan fingerprint density at radius 2 is 2.21 bits per heavy atom. The first-order chi connectivity index (χ1) is 11.4. The number of ether oxygens (including phenoxy) is 1. The Labute approximate surface area is 137 Å². The average molecular weight is 333 g/mol. The molecule has 9 nitrogen and oxygen atoms in total. The number of rotatable bonds is 2. The fourth-order valence-electron chi connectivity index (χ4n) is 2.92. The molecule has 2 aromatic heterocycles. The lowest BCUT2D eigenvalue weighted by molar-refractivity contribution is -0.0948. The number of aromatic nitrogens is 3. The van der Waals surface area contributed by atoms with Gasteiger partial charge in [0.2, 0.25) is 0 Å². The van der Waals surface area contributed by atoms with Gasteiger partial charge in [-0.15, -0.1) is 0 Å². The summed E-state index contributed by atoms with van der Waals surface area (Å²) in [6.07, 6.45) is -0.250. The van der Waals surface area contributed by atoms with Gasteiger partial charge >= 0.3 is 0 Å². The molecule has 0 aromatic carbocycles. The van der Waals surface area contributed by atoms with Gasteiger partial charge in [0.15, 0.2) is 6.23 Å². The van der Waals surface area contributed by atoms with Gasteiger partial charge in [0.05, 0.1) is 24.1 Å². The van der Waals surface area contributed by atoms with Crippen molar-refractivity contribution >= 4 is 16.9 Å². The summed E-state index contributed by atoms with van der Waals surface area (Å²) in [5.41, 5.74) is 10.6. The van der Waals surface area contributed by atoms with Crippen molar-refractivity contribution < 1.29 is 20.1 Å². The third-order valence-electron chi connectivity index (χ3n) is 4.15.